The van der Waals surface area contributed by atoms with E-state index < -0.39 is 11.6 Å². The minimum absolute atomic E-state index is 0.0272. The highest BCUT2D eigenvalue weighted by Gasteiger charge is 2.28. The number of anilines is 2. The molecule has 1 aliphatic rings. The van der Waals surface area contributed by atoms with E-state index in [0.717, 1.165) is 38.5 Å². The predicted molar refractivity (Wildman–Crippen MR) is 108 cm³/mol. The van der Waals surface area contributed by atoms with Crippen LogP contribution in [0.25, 0.3) is 16.9 Å². The number of fused-ring (bicyclic) bond motifs is 1. The summed E-state index contributed by atoms with van der Waals surface area (Å²) in [4.78, 5) is 28.3. The fraction of sp³-hybridized carbons (Fsp3) is 0.421. The number of halogens is 2. The third-order valence-corrected chi connectivity index (χ3v) is 4.93. The van der Waals surface area contributed by atoms with Crippen LogP contribution in [-0.4, -0.2) is 68.8 Å². The van der Waals surface area contributed by atoms with E-state index >= 15 is 0 Å². The van der Waals surface area contributed by atoms with Crippen molar-refractivity contribution in [3.63, 3.8) is 0 Å². The lowest BCUT2D eigenvalue weighted by molar-refractivity contribution is -0.114. The van der Waals surface area contributed by atoms with Gasteiger partial charge in [0, 0.05) is 58.5 Å². The number of amides is 1. The molecule has 9 nitrogen and oxygen atoms in total. The summed E-state index contributed by atoms with van der Waals surface area (Å²) in [5, 5.41) is 8.01. The summed E-state index contributed by atoms with van der Waals surface area (Å²) >= 11 is 0. The highest BCUT2D eigenvalue weighted by atomic mass is 19.3. The number of pyridine rings is 1. The molecule has 158 valence electrons. The number of hydrogen-bond donors (Lipinski definition) is 1. The minimum Gasteiger partial charge on any atom is -0.352 e. The van der Waals surface area contributed by atoms with Crippen molar-refractivity contribution in [2.24, 2.45) is 0 Å². The zero-order chi connectivity index (χ0) is 21.5. The molecule has 1 aliphatic heterocycles. The Morgan fingerprint density at radius 2 is 1.93 bits per heavy atom. The molecule has 0 spiro atoms. The number of piperazine rings is 1. The highest BCUT2D eigenvalue weighted by molar-refractivity contribution is 5.95. The number of hydrogen-bond acceptors (Lipinski definition) is 7. The van der Waals surface area contributed by atoms with Crippen molar-refractivity contribution >= 4 is 28.4 Å². The Balaban J connectivity index is 1.86. The van der Waals surface area contributed by atoms with Gasteiger partial charge in [0.15, 0.2) is 5.82 Å². The zero-order valence-corrected chi connectivity index (χ0v) is 16.9. The molecule has 0 unspecified atom stereocenters. The molecular weight excluding hydrogens is 394 g/mol. The molecule has 0 aliphatic carbocycles. The molecule has 0 radical (unpaired) electrons. The smallest absolute Gasteiger partial charge is 0.287 e. The standard InChI is InChI=1S/C19H22F2N8O/c1-12(30)24-16-10-14-13(11-23-16)17(28-8-6-27(3)7-9-28)26-29(14)18-22-5-4-15(25-18)19(2,20)21/h4-5,10-11H,6-9H2,1-3H3,(H,23,24,30). The van der Waals surface area contributed by atoms with Gasteiger partial charge in [-0.05, 0) is 13.1 Å². The Kier molecular flexibility index (Phi) is 5.06. The molecule has 0 aromatic carbocycles. The van der Waals surface area contributed by atoms with Gasteiger partial charge in [-0.25, -0.2) is 15.0 Å². The molecule has 11 heteroatoms. The van der Waals surface area contributed by atoms with Crippen molar-refractivity contribution in [1.29, 1.82) is 0 Å². The second kappa shape index (κ2) is 7.56. The number of alkyl halides is 2. The van der Waals surface area contributed by atoms with Crippen LogP contribution in [0.5, 0.6) is 0 Å². The van der Waals surface area contributed by atoms with Crippen molar-refractivity contribution in [2.45, 2.75) is 19.8 Å². The SMILES string of the molecule is CC(=O)Nc1cc2c(cn1)c(N1CCN(C)CC1)nn2-c1nccc(C(C)(F)F)n1. The quantitative estimate of drug-likeness (QED) is 0.696. The second-order valence-electron chi connectivity index (χ2n) is 7.42. The van der Waals surface area contributed by atoms with Crippen LogP contribution >= 0.6 is 0 Å². The predicted octanol–water partition coefficient (Wildman–Crippen LogP) is 2.03. The monoisotopic (exact) mass is 416 g/mol. The van der Waals surface area contributed by atoms with Crippen LogP contribution in [0, 0.1) is 0 Å². The maximum Gasteiger partial charge on any atom is 0.287 e. The average Bonchev–Trinajstić information content (AvgIpc) is 3.06. The maximum atomic E-state index is 13.8. The summed E-state index contributed by atoms with van der Waals surface area (Å²) in [6, 6.07) is 2.82. The molecule has 1 amide bonds. The summed E-state index contributed by atoms with van der Waals surface area (Å²) in [6.07, 6.45) is 2.91. The normalized spacial score (nSPS) is 15.6. The lowest BCUT2D eigenvalue weighted by Gasteiger charge is -2.32. The Hall–Kier alpha value is -3.21. The van der Waals surface area contributed by atoms with Gasteiger partial charge in [-0.3, -0.25) is 4.79 Å². The fourth-order valence-corrected chi connectivity index (χ4v) is 3.34. The third-order valence-electron chi connectivity index (χ3n) is 4.93. The number of carbonyl (C=O) groups excluding carboxylic acids is 1. The van der Waals surface area contributed by atoms with Crippen LogP contribution in [0.3, 0.4) is 0 Å². The van der Waals surface area contributed by atoms with Crippen LogP contribution < -0.4 is 10.2 Å². The lowest BCUT2D eigenvalue weighted by atomic mass is 10.2. The van der Waals surface area contributed by atoms with Crippen molar-refractivity contribution in [2.75, 3.05) is 43.4 Å². The zero-order valence-electron chi connectivity index (χ0n) is 16.9. The summed E-state index contributed by atoms with van der Waals surface area (Å²) in [5.74, 6) is -2.34. The van der Waals surface area contributed by atoms with Gasteiger partial charge in [-0.2, -0.15) is 13.5 Å². The first-order chi connectivity index (χ1) is 14.2. The molecule has 30 heavy (non-hydrogen) atoms. The number of aromatic nitrogens is 5. The first kappa shape index (κ1) is 20.1. The highest BCUT2D eigenvalue weighted by Crippen LogP contribution is 2.30. The molecule has 3 aromatic rings. The number of carbonyl (C=O) groups is 1. The first-order valence-electron chi connectivity index (χ1n) is 9.54. The van der Waals surface area contributed by atoms with E-state index in [0.29, 0.717) is 17.2 Å². The van der Waals surface area contributed by atoms with E-state index in [1.165, 1.54) is 23.9 Å². The summed E-state index contributed by atoms with van der Waals surface area (Å²) in [7, 11) is 2.06. The molecule has 1 fully saturated rings. The minimum atomic E-state index is -3.11. The van der Waals surface area contributed by atoms with Gasteiger partial charge in [0.05, 0.1) is 10.9 Å². The third kappa shape index (κ3) is 3.92. The van der Waals surface area contributed by atoms with Crippen molar-refractivity contribution in [3.05, 3.63) is 30.2 Å². The van der Waals surface area contributed by atoms with Crippen LogP contribution in [-0.2, 0) is 10.7 Å². The summed E-state index contributed by atoms with van der Waals surface area (Å²) in [6.45, 7) is 5.46. The topological polar surface area (TPSA) is 92.1 Å². The van der Waals surface area contributed by atoms with E-state index in [1.807, 2.05) is 0 Å². The van der Waals surface area contributed by atoms with Gasteiger partial charge >= 0.3 is 0 Å². The van der Waals surface area contributed by atoms with E-state index in [9.17, 15) is 13.6 Å². The van der Waals surface area contributed by atoms with Crippen LogP contribution in [0.15, 0.2) is 24.5 Å². The number of likely N-dealkylation sites (N-methyl/N-ethyl adjacent to an activating group) is 1. The average molecular weight is 416 g/mol. The Bertz CT molecular complexity index is 1090. The van der Waals surface area contributed by atoms with Gasteiger partial charge in [-0.15, -0.1) is 5.10 Å². The van der Waals surface area contributed by atoms with Crippen LogP contribution in [0.1, 0.15) is 19.5 Å². The van der Waals surface area contributed by atoms with Gasteiger partial charge in [0.1, 0.15) is 11.5 Å². The van der Waals surface area contributed by atoms with Gasteiger partial charge in [0.2, 0.25) is 5.91 Å². The summed E-state index contributed by atoms with van der Waals surface area (Å²) in [5.41, 5.74) is 0.174. The Labute approximate surface area is 171 Å². The van der Waals surface area contributed by atoms with Crippen molar-refractivity contribution < 1.29 is 13.6 Å². The largest absolute Gasteiger partial charge is 0.352 e. The maximum absolute atomic E-state index is 13.8. The number of nitrogens with one attached hydrogen (secondary N) is 1. The summed E-state index contributed by atoms with van der Waals surface area (Å²) < 4.78 is 29.1. The molecule has 1 N–H and O–H groups in total. The molecular formula is C19H22F2N8O. The first-order valence-corrected chi connectivity index (χ1v) is 9.54. The van der Waals surface area contributed by atoms with Gasteiger partial charge in [-0.1, -0.05) is 0 Å². The number of rotatable bonds is 4. The van der Waals surface area contributed by atoms with E-state index in [4.69, 9.17) is 0 Å². The molecule has 4 heterocycles. The number of nitrogens with zero attached hydrogens (tertiary/aromatic N) is 7. The second-order valence-corrected chi connectivity index (χ2v) is 7.42. The van der Waals surface area contributed by atoms with Gasteiger partial charge < -0.3 is 15.1 Å². The molecule has 0 saturated carbocycles. The Morgan fingerprint density at radius 3 is 2.60 bits per heavy atom. The molecule has 3 aromatic heterocycles. The molecule has 1 saturated heterocycles. The Morgan fingerprint density at radius 1 is 1.20 bits per heavy atom. The van der Waals surface area contributed by atoms with E-state index in [-0.39, 0.29) is 11.9 Å². The van der Waals surface area contributed by atoms with Crippen LogP contribution in [0.2, 0.25) is 0 Å². The van der Waals surface area contributed by atoms with Crippen LogP contribution in [0.4, 0.5) is 20.4 Å². The van der Waals surface area contributed by atoms with Gasteiger partial charge in [0.25, 0.3) is 11.9 Å². The van der Waals surface area contributed by atoms with Crippen molar-refractivity contribution in [1.82, 2.24) is 29.6 Å². The molecule has 4 rings (SSSR count). The molecule has 0 atom stereocenters. The lowest BCUT2D eigenvalue weighted by Crippen LogP contribution is -2.44. The fourth-order valence-electron chi connectivity index (χ4n) is 3.34. The molecule has 0 bridgehead atoms. The van der Waals surface area contributed by atoms with E-state index in [2.05, 4.69) is 42.2 Å². The van der Waals surface area contributed by atoms with E-state index in [1.54, 1.807) is 12.3 Å². The van der Waals surface area contributed by atoms with Crippen molar-refractivity contribution in [3.8, 4) is 5.95 Å².